The maximum Gasteiger partial charge on any atom is 0.222 e. The van der Waals surface area contributed by atoms with Crippen molar-refractivity contribution in [3.8, 4) is 0 Å². The Morgan fingerprint density at radius 3 is 2.46 bits per heavy atom. The first-order valence-corrected chi connectivity index (χ1v) is 9.71. The van der Waals surface area contributed by atoms with Crippen molar-refractivity contribution in [2.45, 2.75) is 46.4 Å². The Labute approximate surface area is 159 Å². The maximum atomic E-state index is 4.48. The Morgan fingerprint density at radius 2 is 1.85 bits per heavy atom. The van der Waals surface area contributed by atoms with Crippen LogP contribution in [0.2, 0.25) is 0 Å². The highest BCUT2D eigenvalue weighted by atomic mass is 32.1. The van der Waals surface area contributed by atoms with Crippen molar-refractivity contribution in [1.82, 2.24) is 19.9 Å². The lowest BCUT2D eigenvalue weighted by molar-refractivity contribution is 0.246. The van der Waals surface area contributed by atoms with Crippen molar-refractivity contribution >= 4 is 17.3 Å². The summed E-state index contributed by atoms with van der Waals surface area (Å²) in [7, 11) is 0. The lowest BCUT2D eigenvalue weighted by atomic mass is 10.2. The zero-order valence-corrected chi connectivity index (χ0v) is 16.3. The SMILES string of the molecule is Cc1ccsc1CN(Cc1cnc(NC(C)C)nc1)Cc1ccccn1. The van der Waals surface area contributed by atoms with Gasteiger partial charge in [-0.15, -0.1) is 11.3 Å². The highest BCUT2D eigenvalue weighted by Gasteiger charge is 2.12. The second-order valence-corrected chi connectivity index (χ2v) is 7.71. The summed E-state index contributed by atoms with van der Waals surface area (Å²) in [5.74, 6) is 0.675. The van der Waals surface area contributed by atoms with E-state index in [0.29, 0.717) is 12.0 Å². The molecule has 136 valence electrons. The van der Waals surface area contributed by atoms with Crippen molar-refractivity contribution in [3.05, 3.63) is 69.9 Å². The van der Waals surface area contributed by atoms with Crippen LogP contribution in [0.1, 0.15) is 35.5 Å². The Balaban J connectivity index is 1.73. The minimum absolute atomic E-state index is 0.323. The van der Waals surface area contributed by atoms with Crippen LogP contribution in [0.5, 0.6) is 0 Å². The van der Waals surface area contributed by atoms with Crippen molar-refractivity contribution in [3.63, 3.8) is 0 Å². The predicted molar refractivity (Wildman–Crippen MR) is 107 cm³/mol. The Kier molecular flexibility index (Phi) is 6.30. The van der Waals surface area contributed by atoms with E-state index >= 15 is 0 Å². The molecule has 3 aromatic heterocycles. The van der Waals surface area contributed by atoms with Gasteiger partial charge in [-0.3, -0.25) is 9.88 Å². The van der Waals surface area contributed by atoms with Crippen LogP contribution in [-0.4, -0.2) is 25.9 Å². The summed E-state index contributed by atoms with van der Waals surface area (Å²) in [6.45, 7) is 8.80. The second kappa shape index (κ2) is 8.87. The van der Waals surface area contributed by atoms with Crippen LogP contribution in [0.3, 0.4) is 0 Å². The van der Waals surface area contributed by atoms with Gasteiger partial charge in [0.2, 0.25) is 5.95 Å². The van der Waals surface area contributed by atoms with Gasteiger partial charge in [0.25, 0.3) is 0 Å². The Bertz CT molecular complexity index is 799. The van der Waals surface area contributed by atoms with Gasteiger partial charge in [0, 0.05) is 54.7 Å². The third kappa shape index (κ3) is 5.34. The van der Waals surface area contributed by atoms with E-state index < -0.39 is 0 Å². The van der Waals surface area contributed by atoms with E-state index in [1.54, 1.807) is 11.3 Å². The maximum absolute atomic E-state index is 4.48. The highest BCUT2D eigenvalue weighted by Crippen LogP contribution is 2.20. The molecular formula is C20H25N5S. The number of pyridine rings is 1. The average Bonchev–Trinajstić information content (AvgIpc) is 3.02. The van der Waals surface area contributed by atoms with E-state index in [9.17, 15) is 0 Å². The normalized spacial score (nSPS) is 11.3. The van der Waals surface area contributed by atoms with Gasteiger partial charge in [-0.1, -0.05) is 6.07 Å². The summed E-state index contributed by atoms with van der Waals surface area (Å²) in [5.41, 5.74) is 3.51. The van der Waals surface area contributed by atoms with E-state index in [1.807, 2.05) is 30.7 Å². The summed E-state index contributed by atoms with van der Waals surface area (Å²) in [6, 6.07) is 8.55. The van der Waals surface area contributed by atoms with E-state index in [1.165, 1.54) is 10.4 Å². The number of anilines is 1. The molecule has 3 heterocycles. The first-order chi connectivity index (χ1) is 12.6. The fourth-order valence-corrected chi connectivity index (χ4v) is 3.63. The molecule has 0 unspecified atom stereocenters. The molecule has 0 radical (unpaired) electrons. The van der Waals surface area contributed by atoms with Crippen LogP contribution >= 0.6 is 11.3 Å². The first kappa shape index (κ1) is 18.5. The summed E-state index contributed by atoms with van der Waals surface area (Å²) < 4.78 is 0. The summed E-state index contributed by atoms with van der Waals surface area (Å²) in [6.07, 6.45) is 5.66. The molecule has 0 atom stereocenters. The van der Waals surface area contributed by atoms with Crippen LogP contribution < -0.4 is 5.32 Å². The highest BCUT2D eigenvalue weighted by molar-refractivity contribution is 7.10. The van der Waals surface area contributed by atoms with E-state index in [4.69, 9.17) is 0 Å². The van der Waals surface area contributed by atoms with Gasteiger partial charge >= 0.3 is 0 Å². The Hall–Kier alpha value is -2.31. The lowest BCUT2D eigenvalue weighted by Crippen LogP contribution is -2.23. The summed E-state index contributed by atoms with van der Waals surface area (Å²) >= 11 is 1.80. The molecule has 0 aromatic carbocycles. The average molecular weight is 368 g/mol. The number of hydrogen-bond acceptors (Lipinski definition) is 6. The molecule has 3 aromatic rings. The van der Waals surface area contributed by atoms with Gasteiger partial charge < -0.3 is 5.32 Å². The molecule has 0 aliphatic rings. The molecule has 5 nitrogen and oxygen atoms in total. The van der Waals surface area contributed by atoms with Crippen LogP contribution in [0.25, 0.3) is 0 Å². The standard InChI is InChI=1S/C20H25N5S/c1-15(2)24-20-22-10-17(11-23-20)12-25(13-18-6-4-5-8-21-18)14-19-16(3)7-9-26-19/h4-11,15H,12-14H2,1-3H3,(H,22,23,24). The third-order valence-corrected chi connectivity index (χ3v) is 4.98. The first-order valence-electron chi connectivity index (χ1n) is 8.83. The molecule has 0 aliphatic carbocycles. The topological polar surface area (TPSA) is 53.9 Å². The van der Waals surface area contributed by atoms with E-state index in [0.717, 1.165) is 30.9 Å². The molecule has 0 saturated carbocycles. The van der Waals surface area contributed by atoms with Crippen molar-refractivity contribution < 1.29 is 0 Å². The molecular weight excluding hydrogens is 342 g/mol. The van der Waals surface area contributed by atoms with Crippen LogP contribution in [-0.2, 0) is 19.6 Å². The molecule has 26 heavy (non-hydrogen) atoms. The second-order valence-electron chi connectivity index (χ2n) is 6.71. The van der Waals surface area contributed by atoms with Crippen molar-refractivity contribution in [1.29, 1.82) is 0 Å². The largest absolute Gasteiger partial charge is 0.352 e. The number of hydrogen-bond donors (Lipinski definition) is 1. The molecule has 0 amide bonds. The number of aryl methyl sites for hydroxylation is 1. The fraction of sp³-hybridized carbons (Fsp3) is 0.350. The summed E-state index contributed by atoms with van der Waals surface area (Å²) in [5, 5.41) is 5.38. The molecule has 3 rings (SSSR count). The monoisotopic (exact) mass is 367 g/mol. The molecule has 0 spiro atoms. The van der Waals surface area contributed by atoms with Crippen LogP contribution in [0, 0.1) is 6.92 Å². The van der Waals surface area contributed by atoms with Gasteiger partial charge in [0.05, 0.1) is 5.69 Å². The minimum atomic E-state index is 0.323. The lowest BCUT2D eigenvalue weighted by Gasteiger charge is -2.22. The van der Waals surface area contributed by atoms with Gasteiger partial charge in [-0.2, -0.15) is 0 Å². The summed E-state index contributed by atoms with van der Waals surface area (Å²) in [4.78, 5) is 17.1. The van der Waals surface area contributed by atoms with E-state index in [2.05, 4.69) is 63.5 Å². The molecule has 0 aliphatic heterocycles. The van der Waals surface area contributed by atoms with Crippen molar-refractivity contribution in [2.24, 2.45) is 0 Å². The van der Waals surface area contributed by atoms with E-state index in [-0.39, 0.29) is 0 Å². The quantitative estimate of drug-likeness (QED) is 0.644. The third-order valence-electron chi connectivity index (χ3n) is 3.98. The molecule has 0 fully saturated rings. The predicted octanol–water partition coefficient (Wildman–Crippen LogP) is 4.26. The van der Waals surface area contributed by atoms with Gasteiger partial charge in [0.15, 0.2) is 0 Å². The number of aromatic nitrogens is 3. The zero-order valence-electron chi connectivity index (χ0n) is 15.5. The molecule has 0 bridgehead atoms. The van der Waals surface area contributed by atoms with Crippen LogP contribution in [0.4, 0.5) is 5.95 Å². The smallest absolute Gasteiger partial charge is 0.222 e. The number of nitrogens with one attached hydrogen (secondary N) is 1. The van der Waals surface area contributed by atoms with Gasteiger partial charge in [-0.25, -0.2) is 9.97 Å². The molecule has 0 saturated heterocycles. The zero-order chi connectivity index (χ0) is 18.4. The Morgan fingerprint density at radius 1 is 1.04 bits per heavy atom. The minimum Gasteiger partial charge on any atom is -0.352 e. The van der Waals surface area contributed by atoms with Crippen molar-refractivity contribution in [2.75, 3.05) is 5.32 Å². The number of nitrogens with zero attached hydrogens (tertiary/aromatic N) is 4. The molecule has 1 N–H and O–H groups in total. The van der Waals surface area contributed by atoms with Gasteiger partial charge in [-0.05, 0) is 49.9 Å². The van der Waals surface area contributed by atoms with Gasteiger partial charge in [0.1, 0.15) is 0 Å². The number of thiophene rings is 1. The molecule has 6 heteroatoms. The van der Waals surface area contributed by atoms with Crippen LogP contribution in [0.15, 0.2) is 48.2 Å². The number of rotatable bonds is 8. The fourth-order valence-electron chi connectivity index (χ4n) is 2.68.